The molecule has 0 spiro atoms. The van der Waals surface area contributed by atoms with Crippen molar-refractivity contribution in [3.05, 3.63) is 11.9 Å². The van der Waals surface area contributed by atoms with Gasteiger partial charge in [0.15, 0.2) is 0 Å². The smallest absolute Gasteiger partial charge is 0.134 e. The summed E-state index contributed by atoms with van der Waals surface area (Å²) in [6.07, 6.45) is 10.5. The first-order chi connectivity index (χ1) is 11.1. The Labute approximate surface area is 142 Å². The minimum Gasteiger partial charge on any atom is -0.367 e. The fourth-order valence-electron chi connectivity index (χ4n) is 5.21. The summed E-state index contributed by atoms with van der Waals surface area (Å²) >= 11 is 2.01. The van der Waals surface area contributed by atoms with E-state index in [1.807, 2.05) is 11.8 Å². The zero-order valence-corrected chi connectivity index (χ0v) is 14.6. The fraction of sp³-hybridized carbons (Fsp3) is 0.778. The molecule has 0 bridgehead atoms. The lowest BCUT2D eigenvalue weighted by atomic mass is 9.79. The third-order valence-electron chi connectivity index (χ3n) is 6.81. The molecule has 3 N–H and O–H groups in total. The van der Waals surface area contributed by atoms with E-state index in [1.54, 1.807) is 6.33 Å². The van der Waals surface area contributed by atoms with E-state index < -0.39 is 0 Å². The Morgan fingerprint density at radius 1 is 1.22 bits per heavy atom. The third kappa shape index (κ3) is 2.30. The molecule has 5 heteroatoms. The molecule has 124 valence electrons. The predicted molar refractivity (Wildman–Crippen MR) is 93.7 cm³/mol. The Balaban J connectivity index is 1.43. The van der Waals surface area contributed by atoms with Gasteiger partial charge in [-0.1, -0.05) is 6.92 Å². The Morgan fingerprint density at radius 2 is 2.04 bits per heavy atom. The van der Waals surface area contributed by atoms with Gasteiger partial charge < -0.3 is 11.1 Å². The van der Waals surface area contributed by atoms with Gasteiger partial charge >= 0.3 is 0 Å². The molecule has 1 aromatic rings. The van der Waals surface area contributed by atoms with Crippen molar-refractivity contribution in [1.82, 2.24) is 9.97 Å². The van der Waals surface area contributed by atoms with Crippen molar-refractivity contribution in [3.63, 3.8) is 0 Å². The van der Waals surface area contributed by atoms with Gasteiger partial charge in [0, 0.05) is 28.8 Å². The number of anilines is 1. The summed E-state index contributed by atoms with van der Waals surface area (Å²) in [4.78, 5) is 9.28. The van der Waals surface area contributed by atoms with E-state index in [9.17, 15) is 0 Å². The van der Waals surface area contributed by atoms with Crippen LogP contribution in [0.3, 0.4) is 0 Å². The molecule has 3 aliphatic carbocycles. The third-order valence-corrected chi connectivity index (χ3v) is 8.19. The summed E-state index contributed by atoms with van der Waals surface area (Å²) in [6.45, 7) is 2.48. The predicted octanol–water partition coefficient (Wildman–Crippen LogP) is 3.54. The van der Waals surface area contributed by atoms with Crippen molar-refractivity contribution < 1.29 is 0 Å². The maximum atomic E-state index is 6.05. The first kappa shape index (κ1) is 14.5. The Bertz CT molecular complexity index is 625. The minimum atomic E-state index is 0.398. The summed E-state index contributed by atoms with van der Waals surface area (Å²) in [7, 11) is 0. The molecule has 0 aromatic carbocycles. The number of hydrogen-bond acceptors (Lipinski definition) is 5. The van der Waals surface area contributed by atoms with Crippen molar-refractivity contribution in [2.24, 2.45) is 17.1 Å². The van der Waals surface area contributed by atoms with Crippen LogP contribution in [0.15, 0.2) is 11.4 Å². The SMILES string of the molecule is CC12CCC3Sc4ncnc(NC5CCC(N)CC5)c4C3C1C2. The molecule has 0 amide bonds. The molecular formula is C18H26N4S. The molecule has 4 nitrogen and oxygen atoms in total. The van der Waals surface area contributed by atoms with E-state index in [4.69, 9.17) is 5.73 Å². The molecular weight excluding hydrogens is 304 g/mol. The second kappa shape index (κ2) is 5.09. The van der Waals surface area contributed by atoms with Gasteiger partial charge in [0.05, 0.1) is 0 Å². The first-order valence-electron chi connectivity index (χ1n) is 9.18. The van der Waals surface area contributed by atoms with Crippen LogP contribution in [0.25, 0.3) is 0 Å². The molecule has 0 radical (unpaired) electrons. The van der Waals surface area contributed by atoms with Crippen LogP contribution >= 0.6 is 11.8 Å². The maximum absolute atomic E-state index is 6.05. The number of nitrogens with two attached hydrogens (primary N) is 1. The molecule has 2 heterocycles. The highest BCUT2D eigenvalue weighted by Crippen LogP contribution is 2.71. The van der Waals surface area contributed by atoms with Crippen LogP contribution < -0.4 is 11.1 Å². The monoisotopic (exact) mass is 330 g/mol. The van der Waals surface area contributed by atoms with Gasteiger partial charge in [-0.3, -0.25) is 0 Å². The Kier molecular flexibility index (Phi) is 3.22. The van der Waals surface area contributed by atoms with E-state index in [1.165, 1.54) is 42.7 Å². The van der Waals surface area contributed by atoms with Crippen LogP contribution in [0.5, 0.6) is 0 Å². The highest BCUT2D eigenvalue weighted by molar-refractivity contribution is 8.00. The van der Waals surface area contributed by atoms with Crippen LogP contribution in [0.2, 0.25) is 0 Å². The van der Waals surface area contributed by atoms with Crippen LogP contribution in [-0.2, 0) is 0 Å². The molecule has 4 atom stereocenters. The number of nitrogens with zero attached hydrogens (tertiary/aromatic N) is 2. The van der Waals surface area contributed by atoms with Gasteiger partial charge in [0.25, 0.3) is 0 Å². The average molecular weight is 331 g/mol. The van der Waals surface area contributed by atoms with E-state index in [0.29, 0.717) is 23.4 Å². The molecule has 1 aromatic heterocycles. The first-order valence-corrected chi connectivity index (χ1v) is 10.1. The Morgan fingerprint density at radius 3 is 2.87 bits per heavy atom. The number of fused-ring (bicyclic) bond motifs is 5. The zero-order chi connectivity index (χ0) is 15.6. The standard InChI is InChI=1S/C18H26N4S/c1-18-7-6-13-14(12(18)8-18)15-16(20-9-21-17(15)23-13)22-11-4-2-10(19)3-5-11/h9-14H,2-8,19H2,1H3,(H,20,21,22). The summed E-state index contributed by atoms with van der Waals surface area (Å²) in [5.74, 6) is 2.68. The lowest BCUT2D eigenvalue weighted by molar-refractivity contribution is 0.340. The van der Waals surface area contributed by atoms with Gasteiger partial charge in [0.2, 0.25) is 0 Å². The number of rotatable bonds is 2. The Hall–Kier alpha value is -0.810. The molecule has 1 aliphatic heterocycles. The van der Waals surface area contributed by atoms with Gasteiger partial charge in [-0.05, 0) is 56.3 Å². The maximum Gasteiger partial charge on any atom is 0.134 e. The van der Waals surface area contributed by atoms with Crippen molar-refractivity contribution >= 4 is 17.6 Å². The fourth-order valence-corrected chi connectivity index (χ4v) is 6.67. The van der Waals surface area contributed by atoms with Gasteiger partial charge in [-0.2, -0.15) is 0 Å². The highest BCUT2D eigenvalue weighted by atomic mass is 32.2. The quantitative estimate of drug-likeness (QED) is 0.812. The number of nitrogens with one attached hydrogen (secondary N) is 1. The second-order valence-electron chi connectivity index (χ2n) is 8.38. The zero-order valence-electron chi connectivity index (χ0n) is 13.8. The van der Waals surface area contributed by atoms with Gasteiger partial charge in [-0.15, -0.1) is 11.8 Å². The molecule has 3 fully saturated rings. The van der Waals surface area contributed by atoms with Crippen molar-refractivity contribution in [2.75, 3.05) is 5.32 Å². The molecule has 0 saturated heterocycles. The normalized spacial score (nSPS) is 44.2. The average Bonchev–Trinajstić information content (AvgIpc) is 3.09. The van der Waals surface area contributed by atoms with Crippen molar-refractivity contribution in [2.45, 2.75) is 80.1 Å². The summed E-state index contributed by atoms with van der Waals surface area (Å²) < 4.78 is 0. The summed E-state index contributed by atoms with van der Waals surface area (Å²) in [6, 6.07) is 0.932. The van der Waals surface area contributed by atoms with Crippen molar-refractivity contribution in [3.8, 4) is 0 Å². The lowest BCUT2D eigenvalue weighted by Crippen LogP contribution is -2.33. The lowest BCUT2D eigenvalue weighted by Gasteiger charge is -2.31. The number of hydrogen-bond donors (Lipinski definition) is 2. The topological polar surface area (TPSA) is 63.8 Å². The number of thioether (sulfide) groups is 1. The largest absolute Gasteiger partial charge is 0.367 e. The van der Waals surface area contributed by atoms with Crippen molar-refractivity contribution in [1.29, 1.82) is 0 Å². The van der Waals surface area contributed by atoms with E-state index in [2.05, 4.69) is 22.2 Å². The number of aromatic nitrogens is 2. The van der Waals surface area contributed by atoms with E-state index >= 15 is 0 Å². The molecule has 4 aliphatic rings. The van der Waals surface area contributed by atoms with Crippen LogP contribution in [0.4, 0.5) is 5.82 Å². The minimum absolute atomic E-state index is 0.398. The van der Waals surface area contributed by atoms with Gasteiger partial charge in [0.1, 0.15) is 17.2 Å². The molecule has 5 rings (SSSR count). The molecule has 4 unspecified atom stereocenters. The van der Waals surface area contributed by atoms with Crippen LogP contribution in [0, 0.1) is 11.3 Å². The van der Waals surface area contributed by atoms with Crippen LogP contribution in [0.1, 0.15) is 63.4 Å². The summed E-state index contributed by atoms with van der Waals surface area (Å²) in [5.41, 5.74) is 8.10. The molecule has 23 heavy (non-hydrogen) atoms. The summed E-state index contributed by atoms with van der Waals surface area (Å²) in [5, 5.41) is 5.76. The van der Waals surface area contributed by atoms with Crippen LogP contribution in [-0.4, -0.2) is 27.3 Å². The van der Waals surface area contributed by atoms with E-state index in [0.717, 1.165) is 29.8 Å². The second-order valence-corrected chi connectivity index (χ2v) is 9.61. The van der Waals surface area contributed by atoms with Gasteiger partial charge in [-0.25, -0.2) is 9.97 Å². The van der Waals surface area contributed by atoms with E-state index in [-0.39, 0.29) is 0 Å². The highest BCUT2D eigenvalue weighted by Gasteiger charge is 2.61. The molecule has 3 saturated carbocycles.